The lowest BCUT2D eigenvalue weighted by Gasteiger charge is -2.16. The SMILES string of the molecule is COc1cccc(/C=C2\SC(=O)N(Cc3ccccc3F)C2=O)c1O[C@@H](C)C(=O)O. The van der Waals surface area contributed by atoms with Gasteiger partial charge in [0.05, 0.1) is 18.6 Å². The number of carboxylic acids is 1. The van der Waals surface area contributed by atoms with Crippen LogP contribution in [0.3, 0.4) is 0 Å². The van der Waals surface area contributed by atoms with Gasteiger partial charge in [-0.05, 0) is 36.9 Å². The van der Waals surface area contributed by atoms with E-state index in [-0.39, 0.29) is 28.5 Å². The Balaban J connectivity index is 1.92. The van der Waals surface area contributed by atoms with Gasteiger partial charge in [-0.1, -0.05) is 30.3 Å². The first-order chi connectivity index (χ1) is 14.3. The molecule has 2 aromatic carbocycles. The molecule has 1 N–H and O–H groups in total. The predicted octanol–water partition coefficient (Wildman–Crippen LogP) is 3.92. The molecule has 2 aromatic rings. The van der Waals surface area contributed by atoms with Crippen molar-refractivity contribution in [2.24, 2.45) is 0 Å². The van der Waals surface area contributed by atoms with E-state index >= 15 is 0 Å². The Hall–Kier alpha value is -3.33. The minimum atomic E-state index is -1.17. The van der Waals surface area contributed by atoms with Gasteiger partial charge in [0.1, 0.15) is 5.82 Å². The molecule has 1 aliphatic heterocycles. The second-order valence-corrected chi connectivity index (χ2v) is 7.33. The fourth-order valence-electron chi connectivity index (χ4n) is 2.74. The van der Waals surface area contributed by atoms with Crippen LogP contribution in [0.25, 0.3) is 6.08 Å². The molecule has 3 rings (SSSR count). The molecule has 30 heavy (non-hydrogen) atoms. The number of nitrogens with zero attached hydrogens (tertiary/aromatic N) is 1. The quantitative estimate of drug-likeness (QED) is 0.664. The maximum Gasteiger partial charge on any atom is 0.344 e. The number of hydrogen-bond acceptors (Lipinski definition) is 6. The highest BCUT2D eigenvalue weighted by molar-refractivity contribution is 8.18. The van der Waals surface area contributed by atoms with E-state index in [9.17, 15) is 18.8 Å². The van der Waals surface area contributed by atoms with E-state index in [1.807, 2.05) is 0 Å². The van der Waals surface area contributed by atoms with Crippen molar-refractivity contribution in [3.63, 3.8) is 0 Å². The van der Waals surface area contributed by atoms with Crippen LogP contribution >= 0.6 is 11.8 Å². The fraction of sp³-hybridized carbons (Fsp3) is 0.190. The molecule has 0 aromatic heterocycles. The van der Waals surface area contributed by atoms with Gasteiger partial charge in [-0.15, -0.1) is 0 Å². The summed E-state index contributed by atoms with van der Waals surface area (Å²) >= 11 is 0.712. The molecule has 0 bridgehead atoms. The number of methoxy groups -OCH3 is 1. The van der Waals surface area contributed by atoms with Crippen molar-refractivity contribution in [2.75, 3.05) is 7.11 Å². The van der Waals surface area contributed by atoms with Gasteiger partial charge in [-0.25, -0.2) is 9.18 Å². The molecule has 0 saturated carbocycles. The summed E-state index contributed by atoms with van der Waals surface area (Å²) in [4.78, 5) is 37.3. The van der Waals surface area contributed by atoms with Gasteiger partial charge in [0, 0.05) is 11.1 Å². The first kappa shape index (κ1) is 21.4. The third-order valence-electron chi connectivity index (χ3n) is 4.32. The van der Waals surface area contributed by atoms with Crippen molar-refractivity contribution < 1.29 is 33.4 Å². The molecule has 7 nitrogen and oxygen atoms in total. The zero-order chi connectivity index (χ0) is 21.8. The third kappa shape index (κ3) is 4.46. The standard InChI is InChI=1S/C21H18FNO6S/c1-12(20(25)26)29-18-13(7-5-9-16(18)28-2)10-17-19(24)23(21(27)30-17)11-14-6-3-4-8-15(14)22/h3-10,12H,11H2,1-2H3,(H,25,26)/b17-10-/t12-/m0/s1. The molecule has 156 valence electrons. The summed E-state index contributed by atoms with van der Waals surface area (Å²) in [5.74, 6) is -1.84. The van der Waals surface area contributed by atoms with Crippen molar-refractivity contribution in [2.45, 2.75) is 19.6 Å². The number of thioether (sulfide) groups is 1. The highest BCUT2D eigenvalue weighted by Crippen LogP contribution is 2.38. The number of benzene rings is 2. The molecular formula is C21H18FNO6S. The molecule has 0 radical (unpaired) electrons. The van der Waals surface area contributed by atoms with Gasteiger partial charge in [0.2, 0.25) is 0 Å². The Bertz CT molecular complexity index is 1040. The number of halogens is 1. The maximum absolute atomic E-state index is 13.9. The van der Waals surface area contributed by atoms with E-state index < -0.39 is 29.0 Å². The first-order valence-corrected chi connectivity index (χ1v) is 9.68. The lowest BCUT2D eigenvalue weighted by Crippen LogP contribution is -2.28. The van der Waals surface area contributed by atoms with Gasteiger partial charge in [-0.3, -0.25) is 14.5 Å². The summed E-state index contributed by atoms with van der Waals surface area (Å²) in [6, 6.07) is 10.7. The summed E-state index contributed by atoms with van der Waals surface area (Å²) in [5.41, 5.74) is 0.598. The van der Waals surface area contributed by atoms with E-state index in [1.165, 1.54) is 38.3 Å². The molecule has 1 fully saturated rings. The molecule has 0 aliphatic carbocycles. The van der Waals surface area contributed by atoms with Gasteiger partial charge < -0.3 is 14.6 Å². The number of rotatable bonds is 7. The molecule has 0 spiro atoms. The van der Waals surface area contributed by atoms with Crippen LogP contribution in [-0.2, 0) is 16.1 Å². The van der Waals surface area contributed by atoms with Crippen LogP contribution in [-0.4, -0.2) is 40.3 Å². The van der Waals surface area contributed by atoms with Gasteiger partial charge >= 0.3 is 5.97 Å². The summed E-state index contributed by atoms with van der Waals surface area (Å²) in [5, 5.41) is 8.61. The van der Waals surface area contributed by atoms with E-state index in [0.29, 0.717) is 17.3 Å². The van der Waals surface area contributed by atoms with Crippen molar-refractivity contribution >= 4 is 35.0 Å². The molecule has 0 unspecified atom stereocenters. The predicted molar refractivity (Wildman–Crippen MR) is 109 cm³/mol. The fourth-order valence-corrected chi connectivity index (χ4v) is 3.56. The van der Waals surface area contributed by atoms with Gasteiger partial charge in [0.15, 0.2) is 17.6 Å². The molecule has 1 saturated heterocycles. The number of imide groups is 1. The Labute approximate surface area is 176 Å². The smallest absolute Gasteiger partial charge is 0.344 e. The largest absolute Gasteiger partial charge is 0.493 e. The third-order valence-corrected chi connectivity index (χ3v) is 5.23. The Morgan fingerprint density at radius 3 is 2.63 bits per heavy atom. The average molecular weight is 431 g/mol. The minimum absolute atomic E-state index is 0.109. The first-order valence-electron chi connectivity index (χ1n) is 8.87. The van der Waals surface area contributed by atoms with Crippen molar-refractivity contribution in [1.82, 2.24) is 4.90 Å². The number of ether oxygens (including phenoxy) is 2. The summed E-state index contributed by atoms with van der Waals surface area (Å²) < 4.78 is 24.7. The van der Waals surface area contributed by atoms with Crippen molar-refractivity contribution in [3.05, 3.63) is 64.3 Å². The minimum Gasteiger partial charge on any atom is -0.493 e. The average Bonchev–Trinajstić information content (AvgIpc) is 2.98. The molecule has 9 heteroatoms. The number of hydrogen-bond donors (Lipinski definition) is 1. The van der Waals surface area contributed by atoms with E-state index in [4.69, 9.17) is 14.6 Å². The monoisotopic (exact) mass is 431 g/mol. The number of amides is 2. The number of carbonyl (C=O) groups excluding carboxylic acids is 2. The summed E-state index contributed by atoms with van der Waals surface area (Å²) in [6.07, 6.45) is 0.267. The van der Waals surface area contributed by atoms with Crippen LogP contribution in [0.15, 0.2) is 47.4 Å². The summed E-state index contributed by atoms with van der Waals surface area (Å²) in [7, 11) is 1.40. The Morgan fingerprint density at radius 2 is 1.97 bits per heavy atom. The van der Waals surface area contributed by atoms with E-state index in [2.05, 4.69) is 0 Å². The Morgan fingerprint density at radius 1 is 1.23 bits per heavy atom. The van der Waals surface area contributed by atoms with Gasteiger partial charge in [0.25, 0.3) is 11.1 Å². The molecule has 2 amide bonds. The van der Waals surface area contributed by atoms with Crippen molar-refractivity contribution in [1.29, 1.82) is 0 Å². The van der Waals surface area contributed by atoms with Crippen molar-refractivity contribution in [3.8, 4) is 11.5 Å². The lowest BCUT2D eigenvalue weighted by atomic mass is 10.1. The topological polar surface area (TPSA) is 93.1 Å². The van der Waals surface area contributed by atoms with Crippen LogP contribution in [0, 0.1) is 5.82 Å². The highest BCUT2D eigenvalue weighted by atomic mass is 32.2. The number of aliphatic carboxylic acids is 1. The summed E-state index contributed by atoms with van der Waals surface area (Å²) in [6.45, 7) is 1.17. The second-order valence-electron chi connectivity index (χ2n) is 6.34. The maximum atomic E-state index is 13.9. The van der Waals surface area contributed by atoms with Crippen LogP contribution in [0.2, 0.25) is 0 Å². The van der Waals surface area contributed by atoms with Crippen LogP contribution < -0.4 is 9.47 Å². The van der Waals surface area contributed by atoms with Crippen LogP contribution in [0.5, 0.6) is 11.5 Å². The molecule has 1 atom stereocenters. The molecular weight excluding hydrogens is 413 g/mol. The molecule has 1 heterocycles. The number of carbonyl (C=O) groups is 3. The lowest BCUT2D eigenvalue weighted by molar-refractivity contribution is -0.144. The number of para-hydroxylation sites is 1. The zero-order valence-electron chi connectivity index (χ0n) is 16.1. The molecule has 1 aliphatic rings. The van der Waals surface area contributed by atoms with Gasteiger partial charge in [-0.2, -0.15) is 0 Å². The van der Waals surface area contributed by atoms with Crippen LogP contribution in [0.4, 0.5) is 9.18 Å². The number of carboxylic acid groups (broad SMARTS) is 1. The normalized spacial score (nSPS) is 16.1. The van der Waals surface area contributed by atoms with E-state index in [1.54, 1.807) is 24.3 Å². The zero-order valence-corrected chi connectivity index (χ0v) is 16.9. The Kier molecular flexibility index (Phi) is 6.41. The highest BCUT2D eigenvalue weighted by Gasteiger charge is 2.35. The van der Waals surface area contributed by atoms with Crippen LogP contribution in [0.1, 0.15) is 18.1 Å². The van der Waals surface area contributed by atoms with E-state index in [0.717, 1.165) is 4.90 Å². The second kappa shape index (κ2) is 9.00.